The van der Waals surface area contributed by atoms with E-state index in [9.17, 15) is 81.9 Å². The molecule has 10 atom stereocenters. The average molecular weight is 1680 g/mol. The number of rotatable bonds is 27. The maximum absolute atomic E-state index is 12.9. The first-order chi connectivity index (χ1) is 52.0. The van der Waals surface area contributed by atoms with Crippen molar-refractivity contribution in [3.8, 4) is 0 Å². The quantitative estimate of drug-likeness (QED) is 0.0135. The lowest BCUT2D eigenvalue weighted by Crippen LogP contribution is -3.11. The van der Waals surface area contributed by atoms with Gasteiger partial charge in [0.15, 0.2) is 49.6 Å². The van der Waals surface area contributed by atoms with Gasteiger partial charge in [0.2, 0.25) is 0 Å². The summed E-state index contributed by atoms with van der Waals surface area (Å²) in [4.78, 5) is 103. The topological polar surface area (TPSA) is 329 Å². The van der Waals surface area contributed by atoms with Crippen molar-refractivity contribution in [2.75, 3.05) is 46.1 Å². The molecule has 10 unspecified atom stereocenters. The minimum absolute atomic E-state index is 0. The summed E-state index contributed by atoms with van der Waals surface area (Å²) in [7, 11) is -12.5. The summed E-state index contributed by atoms with van der Waals surface area (Å²) in [6, 6.07) is 64.3. The Labute approximate surface area is 653 Å². The third kappa shape index (κ3) is 25.4. The fraction of sp³-hybridized carbons (Fsp3) is 0.436. The number of hydrogen-bond acceptors (Lipinski definition) is 22. The Hall–Kier alpha value is -8.24. The van der Waals surface area contributed by atoms with E-state index < -0.39 is 130 Å². The van der Waals surface area contributed by atoms with Crippen LogP contribution in [0.4, 0.5) is 17.6 Å². The van der Waals surface area contributed by atoms with E-state index in [1.807, 2.05) is 0 Å². The van der Waals surface area contributed by atoms with Crippen LogP contribution in [0.5, 0.6) is 0 Å². The van der Waals surface area contributed by atoms with Crippen LogP contribution in [-0.4, -0.2) is 155 Å². The fourth-order valence-electron chi connectivity index (χ4n) is 13.7. The summed E-state index contributed by atoms with van der Waals surface area (Å²) in [6.07, 6.45) is 2.06. The molecular formula is C78H88BrF4NO22S4. The Morgan fingerprint density at radius 1 is 0.409 bits per heavy atom. The molecule has 4 aliphatic heterocycles. The lowest BCUT2D eigenvalue weighted by Gasteiger charge is -2.41. The van der Waals surface area contributed by atoms with Gasteiger partial charge >= 0.3 is 58.3 Å². The second-order valence-electron chi connectivity index (χ2n) is 26.3. The number of halogens is 5. The van der Waals surface area contributed by atoms with E-state index in [0.29, 0.717) is 37.5 Å². The van der Waals surface area contributed by atoms with Crippen LogP contribution < -0.4 is 21.9 Å². The number of esters is 8. The minimum atomic E-state index is -6.24. The number of carbonyl (C=O) groups is 8. The number of ether oxygens (including phenoxy) is 8. The van der Waals surface area contributed by atoms with Crippen molar-refractivity contribution < 1.29 is 142 Å². The zero-order valence-corrected chi connectivity index (χ0v) is 65.4. The molecule has 14 rings (SSSR count). The van der Waals surface area contributed by atoms with Crippen LogP contribution >= 0.6 is 0 Å². The summed E-state index contributed by atoms with van der Waals surface area (Å²) in [5.74, 6) is -8.52. The molecule has 8 bridgehead atoms. The highest BCUT2D eigenvalue weighted by Crippen LogP contribution is 2.50. The lowest BCUT2D eigenvalue weighted by molar-refractivity contribution is -0.894. The normalized spacial score (nSPS) is 21.2. The molecule has 4 saturated carbocycles. The summed E-state index contributed by atoms with van der Waals surface area (Å²) in [5, 5.41) is -10.5. The highest BCUT2D eigenvalue weighted by atomic mass is 79.9. The third-order valence-corrected chi connectivity index (χ3v) is 25.0. The number of carbonyl (C=O) groups excluding carboxylic acids is 8. The molecule has 0 radical (unpaired) electrons. The maximum Gasteiger partial charge on any atom is 0.428 e. The molecule has 1 N–H and O–H groups in total. The summed E-state index contributed by atoms with van der Waals surface area (Å²) in [5.41, 5.74) is 0. The SMILES string of the molecule is CC[NH+](CC)CC.O=C(CCC(=O)OC1C2CC3CC(C2)C(=O)OC1C3)OCCOC(=O)C(F)(F)S(=O)(=O)[O-].O=C(CCC(=O)OC1C2CC3CC(C2)C(=O)OC1C3)OCCOC(=O)C(F)(F)S(=O)(=O)[O-].[Br-].c1ccc([S+](c2ccccc2)c2ccccc2)cc1.c1ccc([S+](c2ccccc2)c2ccccc2)cc1. The Morgan fingerprint density at radius 2 is 0.664 bits per heavy atom. The molecule has 8 aliphatic rings. The van der Waals surface area contributed by atoms with Crippen molar-refractivity contribution in [3.05, 3.63) is 182 Å². The molecule has 110 heavy (non-hydrogen) atoms. The van der Waals surface area contributed by atoms with Gasteiger partial charge in [-0.3, -0.25) is 28.8 Å². The van der Waals surface area contributed by atoms with Crippen LogP contribution in [0.1, 0.15) is 97.8 Å². The highest BCUT2D eigenvalue weighted by Gasteiger charge is 2.54. The zero-order chi connectivity index (χ0) is 78.9. The third-order valence-electron chi connectivity index (χ3n) is 18.9. The fourth-order valence-corrected chi connectivity index (χ4v) is 18.4. The highest BCUT2D eigenvalue weighted by molar-refractivity contribution is 7.97. The van der Waals surface area contributed by atoms with Gasteiger partial charge in [-0.2, -0.15) is 17.6 Å². The van der Waals surface area contributed by atoms with Crippen molar-refractivity contribution in [2.45, 2.75) is 162 Å². The Kier molecular flexibility index (Phi) is 34.3. The van der Waals surface area contributed by atoms with Gasteiger partial charge in [-0.25, -0.2) is 26.4 Å². The van der Waals surface area contributed by atoms with E-state index in [4.69, 9.17) is 18.9 Å². The van der Waals surface area contributed by atoms with Crippen molar-refractivity contribution >= 4 is 89.8 Å². The minimum Gasteiger partial charge on any atom is -1.00 e. The summed E-state index contributed by atoms with van der Waals surface area (Å²) in [6.45, 7) is 7.26. The standard InChI is InChI=1S/2C18H22F2O11S.2C18H15S.C6H15N.BrH/c2*19-18(20,32(25,26)27)17(24)29-4-3-28-13(21)1-2-14(22)31-15-10-5-9-6-11(8-10)16(23)30-12(15)7-9;2*1-4-10-16(11-5-1)19(17-12-6-2-7-13-17)18-14-8-3-9-15-18;1-4-7(5-2)6-3;/h2*9-12,15H,1-8H2,(H,25,26,27);2*1-15H;4-6H2,1-3H3;1H/q;;2*+1;;/p-2. The van der Waals surface area contributed by atoms with Gasteiger partial charge in [0.05, 0.1) is 78.9 Å². The monoisotopic (exact) mass is 1670 g/mol. The Morgan fingerprint density at radius 3 is 0.909 bits per heavy atom. The molecular weight excluding hydrogens is 1590 g/mol. The van der Waals surface area contributed by atoms with Crippen LogP contribution in [0, 0.1) is 35.5 Å². The summed E-state index contributed by atoms with van der Waals surface area (Å²) >= 11 is 0. The van der Waals surface area contributed by atoms with Crippen LogP contribution in [-0.2, 0) is 118 Å². The van der Waals surface area contributed by atoms with Gasteiger partial charge in [0.25, 0.3) is 0 Å². The van der Waals surface area contributed by atoms with Gasteiger partial charge < -0.3 is 68.9 Å². The molecule has 0 aromatic heterocycles. The molecule has 0 amide bonds. The van der Waals surface area contributed by atoms with Gasteiger partial charge in [0.1, 0.15) is 50.8 Å². The second kappa shape index (κ2) is 42.4. The van der Waals surface area contributed by atoms with Gasteiger partial charge in [-0.15, -0.1) is 0 Å². The van der Waals surface area contributed by atoms with E-state index >= 15 is 0 Å². The second-order valence-corrected chi connectivity index (χ2v) is 33.2. The molecule has 8 fully saturated rings. The Balaban J connectivity index is 0.000000202. The first-order valence-electron chi connectivity index (χ1n) is 35.8. The number of quaternary nitrogens is 1. The smallest absolute Gasteiger partial charge is 0.428 e. The molecule has 4 saturated heterocycles. The lowest BCUT2D eigenvalue weighted by atomic mass is 9.67. The molecule has 32 heteroatoms. The van der Waals surface area contributed by atoms with Crippen molar-refractivity contribution in [1.29, 1.82) is 0 Å². The van der Waals surface area contributed by atoms with E-state index in [1.54, 1.807) is 4.90 Å². The molecule has 4 heterocycles. The number of fused-ring (bicyclic) bond motifs is 2. The number of benzene rings is 6. The molecule has 6 aromatic rings. The van der Waals surface area contributed by atoms with Crippen molar-refractivity contribution in [2.24, 2.45) is 35.5 Å². The molecule has 6 aromatic carbocycles. The number of hydrogen-bond donors (Lipinski definition) is 1. The van der Waals surface area contributed by atoms with E-state index in [2.05, 4.69) is 222 Å². The van der Waals surface area contributed by atoms with Crippen LogP contribution in [0.2, 0.25) is 0 Å². The van der Waals surface area contributed by atoms with Crippen molar-refractivity contribution in [1.82, 2.24) is 0 Å². The van der Waals surface area contributed by atoms with Crippen LogP contribution in [0.15, 0.2) is 211 Å². The number of alkyl halides is 4. The average Bonchev–Trinajstić information content (AvgIpc) is 1.62. The molecule has 0 spiro atoms. The molecule has 596 valence electrons. The van der Waals surface area contributed by atoms with Gasteiger partial charge in [-0.05, 0) is 157 Å². The predicted molar refractivity (Wildman–Crippen MR) is 385 cm³/mol. The largest absolute Gasteiger partial charge is 1.00 e. The van der Waals surface area contributed by atoms with Gasteiger partial charge in [-0.1, -0.05) is 109 Å². The maximum atomic E-state index is 12.9. The molecule has 4 aliphatic carbocycles. The van der Waals surface area contributed by atoms with Crippen LogP contribution in [0.3, 0.4) is 0 Å². The Bertz CT molecular complexity index is 3750. The van der Waals surface area contributed by atoms with E-state index in [1.165, 1.54) is 49.0 Å². The first kappa shape index (κ1) is 89.0. The van der Waals surface area contributed by atoms with Crippen LogP contribution in [0.25, 0.3) is 0 Å². The van der Waals surface area contributed by atoms with Gasteiger partial charge in [0, 0.05) is 11.8 Å². The number of nitrogens with one attached hydrogen (secondary N) is 1. The predicted octanol–water partition coefficient (Wildman–Crippen LogP) is 7.03. The van der Waals surface area contributed by atoms with E-state index in [-0.39, 0.29) is 87.2 Å². The van der Waals surface area contributed by atoms with Crippen molar-refractivity contribution in [3.63, 3.8) is 0 Å². The van der Waals surface area contributed by atoms with E-state index in [0.717, 1.165) is 25.7 Å². The summed E-state index contributed by atoms with van der Waals surface area (Å²) < 4.78 is 152. The zero-order valence-electron chi connectivity index (χ0n) is 60.5. The molecule has 23 nitrogen and oxygen atoms in total. The first-order valence-corrected chi connectivity index (χ1v) is 41.0.